The first-order valence-electron chi connectivity index (χ1n) is 10.2. The van der Waals surface area contributed by atoms with Crippen molar-refractivity contribution in [3.8, 4) is 0 Å². The third-order valence-electron chi connectivity index (χ3n) is 5.49. The normalized spacial score (nSPS) is 23.5. The van der Waals surface area contributed by atoms with Crippen molar-refractivity contribution in [3.63, 3.8) is 0 Å². The second-order valence-electron chi connectivity index (χ2n) is 7.67. The van der Waals surface area contributed by atoms with Gasteiger partial charge in [-0.15, -0.1) is 0 Å². The van der Waals surface area contributed by atoms with Gasteiger partial charge in [-0.25, -0.2) is 0 Å². The number of nitrogens with zero attached hydrogens (tertiary/aromatic N) is 1. The van der Waals surface area contributed by atoms with Gasteiger partial charge in [0.05, 0.1) is 18.8 Å². The van der Waals surface area contributed by atoms with E-state index in [0.717, 1.165) is 21.4 Å². The van der Waals surface area contributed by atoms with Crippen LogP contribution in [0.4, 0.5) is 5.69 Å². The Balaban J connectivity index is 1.60. The van der Waals surface area contributed by atoms with Gasteiger partial charge in [-0.1, -0.05) is 55.1 Å². The SMILES string of the molecule is CC1C(CSc2cccc[n+]2[O-])OC(c2cccc(N)c2)OC1c1ccc(CO)cc1. The first kappa shape index (κ1) is 21.6. The van der Waals surface area contributed by atoms with Crippen molar-refractivity contribution in [1.29, 1.82) is 0 Å². The van der Waals surface area contributed by atoms with Gasteiger partial charge in [0.15, 0.2) is 12.5 Å². The Kier molecular flexibility index (Phi) is 6.77. The predicted molar refractivity (Wildman–Crippen MR) is 120 cm³/mol. The quantitative estimate of drug-likeness (QED) is 0.262. The first-order chi connectivity index (χ1) is 15.0. The number of anilines is 1. The van der Waals surface area contributed by atoms with Crippen LogP contribution in [0.1, 0.15) is 36.0 Å². The van der Waals surface area contributed by atoms with Crippen LogP contribution in [-0.4, -0.2) is 17.0 Å². The van der Waals surface area contributed by atoms with Crippen LogP contribution < -0.4 is 10.5 Å². The molecule has 3 aromatic rings. The number of hydrogen-bond donors (Lipinski definition) is 2. The minimum Gasteiger partial charge on any atom is -0.618 e. The van der Waals surface area contributed by atoms with Gasteiger partial charge in [0, 0.05) is 35.1 Å². The fourth-order valence-electron chi connectivity index (χ4n) is 3.71. The average Bonchev–Trinajstić information content (AvgIpc) is 2.79. The molecule has 7 heteroatoms. The average molecular weight is 439 g/mol. The molecule has 4 atom stereocenters. The zero-order chi connectivity index (χ0) is 21.8. The van der Waals surface area contributed by atoms with Gasteiger partial charge in [0.1, 0.15) is 0 Å². The van der Waals surface area contributed by atoms with Crippen LogP contribution in [0, 0.1) is 11.1 Å². The molecule has 162 valence electrons. The highest BCUT2D eigenvalue weighted by Gasteiger charge is 2.38. The van der Waals surface area contributed by atoms with Crippen LogP contribution >= 0.6 is 11.8 Å². The Morgan fingerprint density at radius 3 is 2.55 bits per heavy atom. The molecule has 0 amide bonds. The molecule has 1 aliphatic heterocycles. The van der Waals surface area contributed by atoms with Crippen molar-refractivity contribution in [2.24, 2.45) is 5.92 Å². The van der Waals surface area contributed by atoms with Crippen molar-refractivity contribution in [2.75, 3.05) is 11.5 Å². The number of benzene rings is 2. The van der Waals surface area contributed by atoms with Gasteiger partial charge >= 0.3 is 0 Å². The lowest BCUT2D eigenvalue weighted by Gasteiger charge is -2.41. The third-order valence-corrected chi connectivity index (χ3v) is 6.60. The summed E-state index contributed by atoms with van der Waals surface area (Å²) in [6, 6.07) is 20.7. The highest BCUT2D eigenvalue weighted by molar-refractivity contribution is 7.99. The van der Waals surface area contributed by atoms with Crippen molar-refractivity contribution < 1.29 is 19.3 Å². The number of ether oxygens (including phenoxy) is 2. The van der Waals surface area contributed by atoms with E-state index in [1.54, 1.807) is 6.07 Å². The Hall–Kier alpha value is -2.58. The van der Waals surface area contributed by atoms with Gasteiger partial charge in [-0.05, 0) is 29.3 Å². The lowest BCUT2D eigenvalue weighted by Crippen LogP contribution is -2.39. The van der Waals surface area contributed by atoms with E-state index in [9.17, 15) is 10.3 Å². The molecule has 1 fully saturated rings. The van der Waals surface area contributed by atoms with E-state index in [-0.39, 0.29) is 24.7 Å². The summed E-state index contributed by atoms with van der Waals surface area (Å²) in [7, 11) is 0. The number of aliphatic hydroxyl groups is 1. The highest BCUT2D eigenvalue weighted by Crippen LogP contribution is 2.43. The number of aliphatic hydroxyl groups excluding tert-OH is 1. The summed E-state index contributed by atoms with van der Waals surface area (Å²) in [5.41, 5.74) is 9.36. The van der Waals surface area contributed by atoms with Crippen LogP contribution in [0.3, 0.4) is 0 Å². The van der Waals surface area contributed by atoms with E-state index < -0.39 is 6.29 Å². The lowest BCUT2D eigenvalue weighted by molar-refractivity contribution is -0.645. The Bertz CT molecular complexity index is 1010. The maximum absolute atomic E-state index is 12.0. The molecule has 31 heavy (non-hydrogen) atoms. The zero-order valence-electron chi connectivity index (χ0n) is 17.3. The number of rotatable bonds is 6. The number of hydrogen-bond acceptors (Lipinski definition) is 6. The molecule has 4 rings (SSSR count). The summed E-state index contributed by atoms with van der Waals surface area (Å²) in [5.74, 6) is 0.662. The topological polar surface area (TPSA) is 91.7 Å². The summed E-state index contributed by atoms with van der Waals surface area (Å²) in [6.07, 6.45) is 0.585. The molecule has 0 saturated carbocycles. The molecular formula is C24H26N2O4S. The van der Waals surface area contributed by atoms with Gasteiger partial charge < -0.3 is 25.5 Å². The van der Waals surface area contributed by atoms with Gasteiger partial charge in [0.25, 0.3) is 5.03 Å². The third kappa shape index (κ3) is 5.02. The van der Waals surface area contributed by atoms with Crippen LogP contribution in [0.25, 0.3) is 0 Å². The number of aromatic nitrogens is 1. The number of nitrogens with two attached hydrogens (primary N) is 1. The summed E-state index contributed by atoms with van der Waals surface area (Å²) < 4.78 is 13.6. The van der Waals surface area contributed by atoms with E-state index >= 15 is 0 Å². The molecule has 0 spiro atoms. The fourth-order valence-corrected chi connectivity index (χ4v) is 4.79. The second-order valence-corrected chi connectivity index (χ2v) is 8.71. The minimum absolute atomic E-state index is 0.00191. The molecule has 4 unspecified atom stereocenters. The lowest BCUT2D eigenvalue weighted by atomic mass is 9.91. The van der Waals surface area contributed by atoms with E-state index in [1.807, 2.05) is 60.7 Å². The van der Waals surface area contributed by atoms with Crippen LogP contribution in [0.2, 0.25) is 0 Å². The van der Waals surface area contributed by atoms with Crippen molar-refractivity contribution >= 4 is 17.4 Å². The fraction of sp³-hybridized carbons (Fsp3) is 0.292. The van der Waals surface area contributed by atoms with E-state index in [4.69, 9.17) is 15.2 Å². The molecule has 1 aliphatic rings. The van der Waals surface area contributed by atoms with Crippen LogP contribution in [-0.2, 0) is 16.1 Å². The molecule has 1 aromatic heterocycles. The largest absolute Gasteiger partial charge is 0.618 e. The zero-order valence-corrected chi connectivity index (χ0v) is 18.1. The molecule has 1 saturated heterocycles. The minimum atomic E-state index is -0.567. The number of pyridine rings is 1. The standard InChI is InChI=1S/C24H26N2O4S/c1-16-21(15-31-22-7-2-3-12-26(22)28)29-24(19-5-4-6-20(25)13-19)30-23(16)18-10-8-17(14-27)9-11-18/h2-13,16,21,23-24,27H,14-15,25H2,1H3. The highest BCUT2D eigenvalue weighted by atomic mass is 32.2. The number of nitrogen functional groups attached to an aromatic ring is 1. The molecule has 3 N–H and O–H groups in total. The summed E-state index contributed by atoms with van der Waals surface area (Å²) >= 11 is 1.47. The molecule has 0 radical (unpaired) electrons. The van der Waals surface area contributed by atoms with E-state index in [2.05, 4.69) is 6.92 Å². The molecule has 0 bridgehead atoms. The maximum Gasteiger partial charge on any atom is 0.251 e. The smallest absolute Gasteiger partial charge is 0.251 e. The maximum atomic E-state index is 12.0. The molecule has 2 heterocycles. The van der Waals surface area contributed by atoms with Crippen LogP contribution in [0.15, 0.2) is 78.0 Å². The summed E-state index contributed by atoms with van der Waals surface area (Å²) in [4.78, 5) is 0. The first-order valence-corrected chi connectivity index (χ1v) is 11.2. The molecule has 6 nitrogen and oxygen atoms in total. The van der Waals surface area contributed by atoms with Gasteiger partial charge in [-0.2, -0.15) is 4.73 Å². The summed E-state index contributed by atoms with van der Waals surface area (Å²) in [6.45, 7) is 2.10. The van der Waals surface area contributed by atoms with E-state index in [1.165, 1.54) is 18.0 Å². The molecule has 0 aliphatic carbocycles. The van der Waals surface area contributed by atoms with Gasteiger partial charge in [-0.3, -0.25) is 0 Å². The van der Waals surface area contributed by atoms with E-state index in [0.29, 0.717) is 16.5 Å². The Labute approximate surface area is 186 Å². The van der Waals surface area contributed by atoms with Crippen molar-refractivity contribution in [3.05, 3.63) is 94.8 Å². The van der Waals surface area contributed by atoms with Crippen molar-refractivity contribution in [2.45, 2.75) is 37.1 Å². The Morgan fingerprint density at radius 2 is 1.84 bits per heavy atom. The van der Waals surface area contributed by atoms with Crippen LogP contribution in [0.5, 0.6) is 0 Å². The second kappa shape index (κ2) is 9.70. The number of thioether (sulfide) groups is 1. The Morgan fingerprint density at radius 1 is 1.03 bits per heavy atom. The molecular weight excluding hydrogens is 412 g/mol. The van der Waals surface area contributed by atoms with Crippen molar-refractivity contribution in [1.82, 2.24) is 0 Å². The monoisotopic (exact) mass is 438 g/mol. The predicted octanol–water partition coefficient (Wildman–Crippen LogP) is 3.98. The molecule has 2 aromatic carbocycles. The summed E-state index contributed by atoms with van der Waals surface area (Å²) in [5, 5.41) is 22.0. The van der Waals surface area contributed by atoms with Gasteiger partial charge in [0.2, 0.25) is 0 Å².